The van der Waals surface area contributed by atoms with Crippen molar-refractivity contribution in [1.29, 1.82) is 0 Å². The minimum atomic E-state index is -4.63. The summed E-state index contributed by atoms with van der Waals surface area (Å²) in [4.78, 5) is 57.8. The number of nitrogens with zero attached hydrogens (tertiary/aromatic N) is 2. The Bertz CT molecular complexity index is 882. The van der Waals surface area contributed by atoms with E-state index in [1.165, 1.54) is 6.92 Å². The summed E-state index contributed by atoms with van der Waals surface area (Å²) in [6, 6.07) is -2.53. The molecule has 0 heterocycles. The first-order valence-electron chi connectivity index (χ1n) is 10.8. The number of nitrogens with two attached hydrogens (primary N) is 1. The van der Waals surface area contributed by atoms with Crippen LogP contribution in [-0.2, 0) is 51.0 Å². The number of carbonyl (C=O) groups excluding carboxylic acids is 2. The van der Waals surface area contributed by atoms with Crippen LogP contribution in [0.3, 0.4) is 0 Å². The molecule has 0 radical (unpaired) electrons. The summed E-state index contributed by atoms with van der Waals surface area (Å²) in [6.45, 7) is 0.535. The van der Waals surface area contributed by atoms with Crippen LogP contribution in [0, 0.1) is 4.91 Å². The fraction of sp³-hybridized carbons (Fsp3) is 0.882. The topological polar surface area (TPSA) is 249 Å². The largest absolute Gasteiger partial charge is 1.00 e. The van der Waals surface area contributed by atoms with E-state index >= 15 is 0 Å². The molecule has 0 aliphatic carbocycles. The normalized spacial score (nSPS) is 7.31. The first-order chi connectivity index (χ1) is 17.2. The fourth-order valence-electron chi connectivity index (χ4n) is 2.11. The molecule has 0 aromatic heterocycles. The molecular formula is C17H34N3Na46O15P2+45. The van der Waals surface area contributed by atoms with Gasteiger partial charge in [0.2, 0.25) is 6.54 Å². The molecule has 0 aromatic carbocycles. The molecule has 0 bridgehead atoms. The molecule has 218 valence electrons. The van der Waals surface area contributed by atoms with Gasteiger partial charge in [-0.2, -0.15) is 0 Å². The van der Waals surface area contributed by atoms with Crippen LogP contribution in [0.5, 0.6) is 0 Å². The first-order valence-corrected chi connectivity index (χ1v) is 13.8. The van der Waals surface area contributed by atoms with E-state index in [-0.39, 0.29) is 1420 Å². The van der Waals surface area contributed by atoms with E-state index in [0.717, 1.165) is 14.0 Å². The van der Waals surface area contributed by atoms with Crippen molar-refractivity contribution < 1.29 is 1430 Å². The molecular weight excluding hydrogens is 1610 g/mol. The number of hydrogen-bond donors (Lipinski definition) is 2. The van der Waals surface area contributed by atoms with Crippen LogP contribution < -0.4 is 1380 Å². The molecule has 0 spiro atoms. The Labute approximate surface area is 1520 Å². The Morgan fingerprint density at radius 2 is 0.578 bits per heavy atom. The number of rotatable bonds is 22. The molecule has 0 rings (SSSR count). The van der Waals surface area contributed by atoms with E-state index in [9.17, 15) is 38.6 Å². The number of carbonyl (C=O) groups is 2. The summed E-state index contributed by atoms with van der Waals surface area (Å²) in [6.07, 6.45) is 0. The van der Waals surface area contributed by atoms with Crippen molar-refractivity contribution in [3.05, 3.63) is 4.91 Å². The van der Waals surface area contributed by atoms with Gasteiger partial charge in [0, 0.05) is 12.0 Å². The molecule has 83 heavy (non-hydrogen) atoms. The van der Waals surface area contributed by atoms with Crippen molar-refractivity contribution in [2.24, 2.45) is 5.73 Å². The van der Waals surface area contributed by atoms with Crippen LogP contribution >= 0.6 is 15.6 Å². The number of amides is 2. The quantitative estimate of drug-likeness (QED) is 0.0255. The third-order valence-electron chi connectivity index (χ3n) is 4.05. The maximum atomic E-state index is 11.9. The Kier molecular flexibility index (Phi) is 903. The molecule has 0 saturated heterocycles. The van der Waals surface area contributed by atoms with Crippen molar-refractivity contribution >= 4 is 27.5 Å². The van der Waals surface area contributed by atoms with Crippen LogP contribution in [0.2, 0.25) is 0 Å². The molecule has 0 fully saturated rings. The molecule has 0 aliphatic heterocycles. The van der Waals surface area contributed by atoms with E-state index in [1.807, 2.05) is 0 Å². The van der Waals surface area contributed by atoms with E-state index in [0.29, 0.717) is 0 Å². The van der Waals surface area contributed by atoms with Gasteiger partial charge in [-0.1, -0.05) is 0 Å². The fourth-order valence-corrected chi connectivity index (χ4v) is 3.18. The van der Waals surface area contributed by atoms with Gasteiger partial charge in [0.15, 0.2) is 6.04 Å². The van der Waals surface area contributed by atoms with E-state index in [4.69, 9.17) is 19.9 Å². The maximum absolute atomic E-state index is 11.9. The van der Waals surface area contributed by atoms with Crippen molar-refractivity contribution in [3.8, 4) is 0 Å². The zero-order valence-electron chi connectivity index (χ0n) is 66.8. The second-order valence-corrected chi connectivity index (χ2v) is 9.93. The molecule has 2 amide bonds. The number of hydrogen-bond acceptors (Lipinski definition) is 16. The number of phosphoric acid groups is 2. The summed E-state index contributed by atoms with van der Waals surface area (Å²) in [5, 5.41) is 9.71. The molecule has 66 heteroatoms. The number of nitroso groups, excluding NO2 is 1. The summed E-state index contributed by atoms with van der Waals surface area (Å²) in [5.74, 6) is -2.04. The van der Waals surface area contributed by atoms with Crippen molar-refractivity contribution in [2.75, 3.05) is 73.1 Å². The van der Waals surface area contributed by atoms with Crippen molar-refractivity contribution in [1.82, 2.24) is 5.06 Å². The molecule has 3 N–H and O–H groups in total. The second kappa shape index (κ2) is 238. The average Bonchev–Trinajstić information content (AvgIpc) is 2.84. The molecule has 18 nitrogen and oxygen atoms in total. The maximum Gasteiger partial charge on any atom is 1.00 e. The Balaban J connectivity index is -0.00000000626. The summed E-state index contributed by atoms with van der Waals surface area (Å²) in [7, 11) is -7.97. The third kappa shape index (κ3) is 229. The predicted octanol–water partition coefficient (Wildman–Crippen LogP) is -140. The van der Waals surface area contributed by atoms with Crippen LogP contribution in [0.4, 0.5) is 0 Å². The standard InChI is InChI=1S/C17H35N3O15P2.46Na/c1-14(18)16(21)20(24)15(2)17(22)19(23)4-5-30-8-12-34-37(27,28)35-13-10-32-7-6-31-9-11-33-36(25,26)29-3;;;;;;;;;;;;;;;;;;;;;;;;;;;;;;;;;;;;;;;;;;;;;;/h14-15,24H,4-13,18H2,1-3H3,(H-,25,26,27,28);;;;;;;;;;;;;;;;;;;;;;;;;;;;;;;;;;;;;;;;;;;;;;/q;46*+1/p-1. The minimum absolute atomic E-state index is 0. The summed E-state index contributed by atoms with van der Waals surface area (Å²) in [5.41, 5.74) is 5.32. The Hall–Kier alpha value is 44.8. The predicted molar refractivity (Wildman–Crippen MR) is 118 cm³/mol. The molecule has 0 saturated carbocycles. The van der Waals surface area contributed by atoms with Gasteiger partial charge in [-0.3, -0.25) is 19.1 Å². The second-order valence-electron chi connectivity index (χ2n) is 7.00. The van der Waals surface area contributed by atoms with Crippen molar-refractivity contribution in [3.63, 3.8) is 0 Å². The Morgan fingerprint density at radius 1 is 0.398 bits per heavy atom. The van der Waals surface area contributed by atoms with Gasteiger partial charge in [-0.05, 0) is 13.8 Å². The van der Waals surface area contributed by atoms with Gasteiger partial charge in [0.25, 0.3) is 21.6 Å². The van der Waals surface area contributed by atoms with Crippen LogP contribution in [0.25, 0.3) is 0 Å². The first kappa shape index (κ1) is 315. The van der Waals surface area contributed by atoms with Gasteiger partial charge in [-0.15, -0.1) is 0 Å². The molecule has 4 atom stereocenters. The SMILES string of the molecule is COP(=O)([O-])OCCOCCOCCOP(=O)([O-])OCCOCC[N+](=O)C(=O)C(C)N(O)C(=O)C(C)N.[Na+].[Na+].[Na+].[Na+].[Na+].[Na+].[Na+].[Na+].[Na+].[Na+].[Na+].[Na+].[Na+].[Na+].[Na+].[Na+].[Na+].[Na+].[Na+].[Na+].[Na+].[Na+].[Na+].[Na+].[Na+].[Na+].[Na+].[Na+].[Na+].[Na+].[Na+].[Na+].[Na+].[Na+].[Na+].[Na+].[Na+].[Na+].[Na+].[Na+].[Na+].[Na+].[Na+].[Na+].[Na+].[Na+]. The van der Waals surface area contributed by atoms with Gasteiger partial charge in [0.1, 0.15) is 6.61 Å². The van der Waals surface area contributed by atoms with Gasteiger partial charge in [-0.25, -0.2) is 9.86 Å². The minimum Gasteiger partial charge on any atom is -0.756 e. The third-order valence-corrected chi connectivity index (χ3v) is 5.99. The zero-order valence-corrected chi connectivity index (χ0v) is 161. The summed E-state index contributed by atoms with van der Waals surface area (Å²) < 4.78 is 55.3. The van der Waals surface area contributed by atoms with Gasteiger partial charge in [0.05, 0.1) is 63.7 Å². The molecule has 0 aliphatic rings. The van der Waals surface area contributed by atoms with E-state index < -0.39 is 52.7 Å². The molecule has 4 unspecified atom stereocenters. The number of hydroxylamine groups is 2. The number of phosphoric ester groups is 2. The number of ether oxygens (including phenoxy) is 3. The van der Waals surface area contributed by atoms with E-state index in [2.05, 4.69) is 18.1 Å². The monoisotopic (exact) mass is 1640 g/mol. The van der Waals surface area contributed by atoms with Crippen molar-refractivity contribution in [2.45, 2.75) is 25.9 Å². The van der Waals surface area contributed by atoms with Crippen LogP contribution in [-0.4, -0.2) is 112 Å². The van der Waals surface area contributed by atoms with Crippen LogP contribution in [0.1, 0.15) is 13.8 Å². The van der Waals surface area contributed by atoms with Gasteiger partial charge < -0.3 is 47.8 Å². The Morgan fingerprint density at radius 3 is 0.771 bits per heavy atom. The van der Waals surface area contributed by atoms with Crippen LogP contribution in [0.15, 0.2) is 0 Å². The molecule has 0 aromatic rings. The summed E-state index contributed by atoms with van der Waals surface area (Å²) >= 11 is 0. The van der Waals surface area contributed by atoms with Gasteiger partial charge >= 0.3 is 1370 Å². The average molecular weight is 1640 g/mol. The smallest absolute Gasteiger partial charge is 0.756 e. The van der Waals surface area contributed by atoms with E-state index in [1.54, 1.807) is 0 Å². The zero-order chi connectivity index (χ0) is 28.5.